The molecule has 0 saturated heterocycles. The lowest BCUT2D eigenvalue weighted by atomic mass is 9.94. The van der Waals surface area contributed by atoms with Crippen LogP contribution in [0, 0.1) is 0 Å². The minimum Gasteiger partial charge on any atom is -0.493 e. The topological polar surface area (TPSA) is 89.2 Å². The van der Waals surface area contributed by atoms with Crippen LogP contribution in [0.4, 0.5) is 0 Å². The highest BCUT2D eigenvalue weighted by molar-refractivity contribution is 5.98. The molecule has 0 saturated carbocycles. The molecule has 2 aromatic carbocycles. The monoisotopic (exact) mass is 343 g/mol. The number of carbonyl (C=O) groups is 1. The van der Waals surface area contributed by atoms with Gasteiger partial charge in [0.2, 0.25) is 6.79 Å². The quantitative estimate of drug-likeness (QED) is 0.852. The smallest absolute Gasteiger partial charge is 0.343 e. The molecule has 0 spiro atoms. The molecule has 2 aromatic rings. The third kappa shape index (κ3) is 2.35. The Morgan fingerprint density at radius 3 is 2.68 bits per heavy atom. The Bertz CT molecular complexity index is 850. The predicted octanol–water partition coefficient (Wildman–Crippen LogP) is 2.34. The molecule has 0 unspecified atom stereocenters. The molecular formula is C18H17NO6. The Kier molecular flexibility index (Phi) is 3.65. The molecule has 7 nitrogen and oxygen atoms in total. The maximum Gasteiger partial charge on any atom is 0.343 e. The van der Waals surface area contributed by atoms with Gasteiger partial charge in [0.05, 0.1) is 20.3 Å². The van der Waals surface area contributed by atoms with Crippen LogP contribution in [0.2, 0.25) is 0 Å². The van der Waals surface area contributed by atoms with Gasteiger partial charge < -0.3 is 29.4 Å². The van der Waals surface area contributed by atoms with E-state index < -0.39 is 18.1 Å². The highest BCUT2D eigenvalue weighted by Gasteiger charge is 2.39. The summed E-state index contributed by atoms with van der Waals surface area (Å²) in [5, 5.41) is 0. The van der Waals surface area contributed by atoms with Crippen LogP contribution in [0.25, 0.3) is 0 Å². The zero-order chi connectivity index (χ0) is 17.6. The molecule has 2 atom stereocenters. The van der Waals surface area contributed by atoms with Crippen molar-refractivity contribution in [2.24, 2.45) is 5.73 Å². The number of rotatable bonds is 4. The largest absolute Gasteiger partial charge is 0.493 e. The standard InChI is InChI=1S/C18H17NO6/c1-21-12-6-4-10-14(17(12)22-2)18(20)25-16(10)15(19)9-3-5-11-13(7-9)24-8-23-11/h3-7,15-16H,8,19H2,1-2H3/t15-,16-/m0/s1. The summed E-state index contributed by atoms with van der Waals surface area (Å²) in [7, 11) is 3.00. The lowest BCUT2D eigenvalue weighted by Crippen LogP contribution is -2.20. The second-order valence-electron chi connectivity index (χ2n) is 5.73. The van der Waals surface area contributed by atoms with Crippen molar-refractivity contribution in [3.8, 4) is 23.0 Å². The summed E-state index contributed by atoms with van der Waals surface area (Å²) in [6.07, 6.45) is -0.623. The number of nitrogens with two attached hydrogens (primary N) is 1. The zero-order valence-corrected chi connectivity index (χ0v) is 13.8. The average molecular weight is 343 g/mol. The van der Waals surface area contributed by atoms with Gasteiger partial charge in [-0.1, -0.05) is 12.1 Å². The fourth-order valence-corrected chi connectivity index (χ4v) is 3.19. The first kappa shape index (κ1) is 15.6. The van der Waals surface area contributed by atoms with Crippen molar-refractivity contribution >= 4 is 5.97 Å². The van der Waals surface area contributed by atoms with Crippen LogP contribution in [0.15, 0.2) is 30.3 Å². The minimum atomic E-state index is -0.623. The maximum absolute atomic E-state index is 12.4. The Morgan fingerprint density at radius 2 is 1.92 bits per heavy atom. The molecule has 0 radical (unpaired) electrons. The van der Waals surface area contributed by atoms with Crippen LogP contribution in [0.3, 0.4) is 0 Å². The van der Waals surface area contributed by atoms with E-state index in [0.29, 0.717) is 34.1 Å². The number of esters is 1. The van der Waals surface area contributed by atoms with Crippen LogP contribution in [0.1, 0.15) is 33.6 Å². The van der Waals surface area contributed by atoms with Gasteiger partial charge in [0.1, 0.15) is 11.7 Å². The first-order valence-corrected chi connectivity index (χ1v) is 7.75. The lowest BCUT2D eigenvalue weighted by Gasteiger charge is -2.20. The second-order valence-corrected chi connectivity index (χ2v) is 5.73. The molecule has 0 bridgehead atoms. The summed E-state index contributed by atoms with van der Waals surface area (Å²) >= 11 is 0. The third-order valence-electron chi connectivity index (χ3n) is 4.43. The summed E-state index contributed by atoms with van der Waals surface area (Å²) in [6, 6.07) is 8.39. The molecule has 4 rings (SSSR count). The SMILES string of the molecule is COc1ccc2c(c1OC)C(=O)O[C@@H]2[C@@H](N)c1ccc2c(c1)OCO2. The van der Waals surface area contributed by atoms with E-state index in [1.807, 2.05) is 6.07 Å². The van der Waals surface area contributed by atoms with E-state index >= 15 is 0 Å². The molecule has 2 aliphatic heterocycles. The summed E-state index contributed by atoms with van der Waals surface area (Å²) < 4.78 is 26.8. The van der Waals surface area contributed by atoms with Crippen LogP contribution >= 0.6 is 0 Å². The number of ether oxygens (including phenoxy) is 5. The van der Waals surface area contributed by atoms with Crippen LogP contribution in [0.5, 0.6) is 23.0 Å². The molecule has 25 heavy (non-hydrogen) atoms. The first-order valence-electron chi connectivity index (χ1n) is 7.75. The first-order chi connectivity index (χ1) is 12.1. The number of methoxy groups -OCH3 is 2. The molecule has 2 heterocycles. The van der Waals surface area contributed by atoms with Gasteiger partial charge in [-0.15, -0.1) is 0 Å². The van der Waals surface area contributed by atoms with Crippen LogP contribution in [-0.2, 0) is 4.74 Å². The number of hydrogen-bond donors (Lipinski definition) is 1. The fourth-order valence-electron chi connectivity index (χ4n) is 3.19. The Labute approximate surface area is 144 Å². The van der Waals surface area contributed by atoms with E-state index in [1.54, 1.807) is 24.3 Å². The molecule has 2 N–H and O–H groups in total. The minimum absolute atomic E-state index is 0.187. The summed E-state index contributed by atoms with van der Waals surface area (Å²) in [5.41, 5.74) is 8.19. The Hall–Kier alpha value is -2.93. The van der Waals surface area contributed by atoms with Gasteiger partial charge in [0.15, 0.2) is 23.0 Å². The van der Waals surface area contributed by atoms with Gasteiger partial charge in [-0.3, -0.25) is 0 Å². The van der Waals surface area contributed by atoms with Crippen LogP contribution in [-0.4, -0.2) is 27.0 Å². The summed E-state index contributed by atoms with van der Waals surface area (Å²) in [4.78, 5) is 12.4. The number of hydrogen-bond acceptors (Lipinski definition) is 7. The van der Waals surface area contributed by atoms with Gasteiger partial charge in [-0.2, -0.15) is 0 Å². The van der Waals surface area contributed by atoms with Crippen molar-refractivity contribution in [2.45, 2.75) is 12.1 Å². The van der Waals surface area contributed by atoms with Crippen molar-refractivity contribution in [2.75, 3.05) is 21.0 Å². The molecule has 0 fully saturated rings. The Morgan fingerprint density at radius 1 is 1.12 bits per heavy atom. The third-order valence-corrected chi connectivity index (χ3v) is 4.43. The van der Waals surface area contributed by atoms with Gasteiger partial charge in [0, 0.05) is 5.56 Å². The van der Waals surface area contributed by atoms with Crippen molar-refractivity contribution in [1.82, 2.24) is 0 Å². The molecular weight excluding hydrogens is 326 g/mol. The second kappa shape index (κ2) is 5.86. The molecule has 0 amide bonds. The molecule has 0 aromatic heterocycles. The van der Waals surface area contributed by atoms with Crippen molar-refractivity contribution in [3.63, 3.8) is 0 Å². The Balaban J connectivity index is 1.73. The fraction of sp³-hybridized carbons (Fsp3) is 0.278. The van der Waals surface area contributed by atoms with Crippen molar-refractivity contribution in [1.29, 1.82) is 0 Å². The van der Waals surface area contributed by atoms with E-state index in [2.05, 4.69) is 0 Å². The summed E-state index contributed by atoms with van der Waals surface area (Å²) in [5.74, 6) is 1.64. The zero-order valence-electron chi connectivity index (χ0n) is 13.8. The van der Waals surface area contributed by atoms with Gasteiger partial charge in [-0.05, 0) is 23.8 Å². The maximum atomic E-state index is 12.4. The van der Waals surface area contributed by atoms with Crippen molar-refractivity contribution in [3.05, 3.63) is 47.0 Å². The molecule has 2 aliphatic rings. The predicted molar refractivity (Wildman–Crippen MR) is 87.2 cm³/mol. The van der Waals surface area contributed by atoms with E-state index in [4.69, 9.17) is 29.4 Å². The normalized spacial score (nSPS) is 18.5. The van der Waals surface area contributed by atoms with E-state index in [-0.39, 0.29) is 6.79 Å². The van der Waals surface area contributed by atoms with Gasteiger partial charge in [0.25, 0.3) is 0 Å². The summed E-state index contributed by atoms with van der Waals surface area (Å²) in [6.45, 7) is 0.187. The number of benzene rings is 2. The van der Waals surface area contributed by atoms with Gasteiger partial charge >= 0.3 is 5.97 Å². The van der Waals surface area contributed by atoms with Crippen LogP contribution < -0.4 is 24.7 Å². The molecule has 0 aliphatic carbocycles. The van der Waals surface area contributed by atoms with Crippen molar-refractivity contribution < 1.29 is 28.5 Å². The molecule has 130 valence electrons. The van der Waals surface area contributed by atoms with E-state index in [1.165, 1.54) is 14.2 Å². The highest BCUT2D eigenvalue weighted by Crippen LogP contribution is 2.46. The number of fused-ring (bicyclic) bond motifs is 2. The molecule has 7 heteroatoms. The highest BCUT2D eigenvalue weighted by atomic mass is 16.7. The lowest BCUT2D eigenvalue weighted by molar-refractivity contribution is 0.0326. The average Bonchev–Trinajstić information content (AvgIpc) is 3.24. The number of cyclic esters (lactones) is 1. The van der Waals surface area contributed by atoms with E-state index in [9.17, 15) is 4.79 Å². The van der Waals surface area contributed by atoms with E-state index in [0.717, 1.165) is 5.56 Å². The number of carbonyl (C=O) groups excluding carboxylic acids is 1. The van der Waals surface area contributed by atoms with Gasteiger partial charge in [-0.25, -0.2) is 4.79 Å².